The van der Waals surface area contributed by atoms with Crippen molar-refractivity contribution in [3.8, 4) is 5.75 Å². The molecule has 0 N–H and O–H groups in total. The van der Waals surface area contributed by atoms with Crippen molar-refractivity contribution >= 4 is 10.0 Å². The van der Waals surface area contributed by atoms with Crippen LogP contribution in [0.3, 0.4) is 0 Å². The van der Waals surface area contributed by atoms with Gasteiger partial charge in [-0.1, -0.05) is 30.3 Å². The Morgan fingerprint density at radius 3 is 2.61 bits per heavy atom. The van der Waals surface area contributed by atoms with Crippen molar-refractivity contribution in [2.45, 2.75) is 30.8 Å². The van der Waals surface area contributed by atoms with E-state index in [1.807, 2.05) is 43.3 Å². The average Bonchev–Trinajstić information content (AvgIpc) is 2.56. The molecule has 23 heavy (non-hydrogen) atoms. The van der Waals surface area contributed by atoms with E-state index < -0.39 is 10.0 Å². The first kappa shape index (κ1) is 16.0. The summed E-state index contributed by atoms with van der Waals surface area (Å²) in [5, 5.41) is 0. The van der Waals surface area contributed by atoms with Gasteiger partial charge in [-0.3, -0.25) is 0 Å². The zero-order chi connectivity index (χ0) is 16.3. The lowest BCUT2D eigenvalue weighted by molar-refractivity contribution is 0.130. The van der Waals surface area contributed by atoms with Crippen molar-refractivity contribution in [3.63, 3.8) is 0 Å². The van der Waals surface area contributed by atoms with E-state index in [1.54, 1.807) is 22.5 Å². The minimum atomic E-state index is -3.46. The summed E-state index contributed by atoms with van der Waals surface area (Å²) in [5.41, 5.74) is 0.945. The van der Waals surface area contributed by atoms with Gasteiger partial charge in [-0.05, 0) is 49.6 Å². The van der Waals surface area contributed by atoms with Crippen LogP contribution >= 0.6 is 0 Å². The highest BCUT2D eigenvalue weighted by atomic mass is 32.2. The summed E-state index contributed by atoms with van der Waals surface area (Å²) < 4.78 is 33.1. The molecule has 2 aromatic rings. The van der Waals surface area contributed by atoms with E-state index >= 15 is 0 Å². The Bertz CT molecular complexity index is 759. The van der Waals surface area contributed by atoms with Crippen molar-refractivity contribution < 1.29 is 13.2 Å². The second-order valence-corrected chi connectivity index (χ2v) is 7.81. The first-order valence-electron chi connectivity index (χ1n) is 7.84. The molecule has 0 bridgehead atoms. The van der Waals surface area contributed by atoms with E-state index in [0.29, 0.717) is 18.0 Å². The molecule has 1 heterocycles. The maximum atomic E-state index is 12.8. The fourth-order valence-corrected chi connectivity index (χ4v) is 4.45. The van der Waals surface area contributed by atoms with Gasteiger partial charge in [0.05, 0.1) is 11.4 Å². The van der Waals surface area contributed by atoms with Gasteiger partial charge in [0, 0.05) is 6.54 Å². The number of para-hydroxylation sites is 1. The maximum Gasteiger partial charge on any atom is 0.243 e. The van der Waals surface area contributed by atoms with E-state index in [9.17, 15) is 8.42 Å². The number of ether oxygens (including phenoxy) is 1. The van der Waals surface area contributed by atoms with Gasteiger partial charge in [0.15, 0.2) is 0 Å². The van der Waals surface area contributed by atoms with Crippen LogP contribution in [-0.4, -0.2) is 31.9 Å². The lowest BCUT2D eigenvalue weighted by Gasteiger charge is -2.32. The van der Waals surface area contributed by atoms with Crippen LogP contribution < -0.4 is 4.74 Å². The number of hydrogen-bond acceptors (Lipinski definition) is 3. The third kappa shape index (κ3) is 3.74. The molecule has 5 heteroatoms. The lowest BCUT2D eigenvalue weighted by Crippen LogP contribution is -2.44. The minimum absolute atomic E-state index is 0.106. The Labute approximate surface area is 137 Å². The van der Waals surface area contributed by atoms with Crippen molar-refractivity contribution in [2.24, 2.45) is 0 Å². The van der Waals surface area contributed by atoms with Crippen LogP contribution in [-0.2, 0) is 10.0 Å². The molecule has 1 saturated heterocycles. The quantitative estimate of drug-likeness (QED) is 0.864. The first-order chi connectivity index (χ1) is 11.1. The molecular weight excluding hydrogens is 310 g/mol. The van der Waals surface area contributed by atoms with E-state index in [4.69, 9.17) is 4.74 Å². The number of benzene rings is 2. The molecule has 0 aromatic heterocycles. The van der Waals surface area contributed by atoms with Crippen LogP contribution in [0.25, 0.3) is 0 Å². The molecule has 1 unspecified atom stereocenters. The van der Waals surface area contributed by atoms with Gasteiger partial charge in [-0.15, -0.1) is 0 Å². The zero-order valence-electron chi connectivity index (χ0n) is 13.2. The predicted molar refractivity (Wildman–Crippen MR) is 90.0 cm³/mol. The Balaban J connectivity index is 1.75. The molecule has 4 nitrogen and oxygen atoms in total. The monoisotopic (exact) mass is 331 g/mol. The number of rotatable bonds is 4. The molecule has 3 rings (SSSR count). The van der Waals surface area contributed by atoms with Crippen LogP contribution in [0.4, 0.5) is 0 Å². The van der Waals surface area contributed by atoms with E-state index in [1.165, 1.54) is 0 Å². The number of sulfonamides is 1. The average molecular weight is 331 g/mol. The molecule has 0 saturated carbocycles. The van der Waals surface area contributed by atoms with Gasteiger partial charge < -0.3 is 4.74 Å². The minimum Gasteiger partial charge on any atom is -0.489 e. The lowest BCUT2D eigenvalue weighted by atomic mass is 10.1. The van der Waals surface area contributed by atoms with E-state index in [0.717, 1.165) is 24.2 Å². The Morgan fingerprint density at radius 1 is 1.09 bits per heavy atom. The smallest absolute Gasteiger partial charge is 0.243 e. The fourth-order valence-electron chi connectivity index (χ4n) is 2.84. The molecule has 1 aliphatic rings. The highest BCUT2D eigenvalue weighted by molar-refractivity contribution is 7.89. The highest BCUT2D eigenvalue weighted by Gasteiger charge is 2.31. The first-order valence-corrected chi connectivity index (χ1v) is 9.28. The SMILES string of the molecule is Cc1cccc(S(=O)(=O)N2CCCC(Oc3ccccc3)C2)c1. The molecule has 2 aromatic carbocycles. The zero-order valence-corrected chi connectivity index (χ0v) is 14.0. The molecule has 0 spiro atoms. The molecule has 1 fully saturated rings. The van der Waals surface area contributed by atoms with Crippen LogP contribution in [0.5, 0.6) is 5.75 Å². The highest BCUT2D eigenvalue weighted by Crippen LogP contribution is 2.24. The van der Waals surface area contributed by atoms with Crippen LogP contribution in [0.2, 0.25) is 0 Å². The molecule has 1 aliphatic heterocycles. The Kier molecular flexibility index (Phi) is 4.68. The van der Waals surface area contributed by atoms with Crippen LogP contribution in [0.1, 0.15) is 18.4 Å². The molecule has 122 valence electrons. The summed E-state index contributed by atoms with van der Waals surface area (Å²) in [5.74, 6) is 0.785. The number of nitrogens with zero attached hydrogens (tertiary/aromatic N) is 1. The number of aryl methyl sites for hydroxylation is 1. The number of hydrogen-bond donors (Lipinski definition) is 0. The van der Waals surface area contributed by atoms with Crippen molar-refractivity contribution in [3.05, 3.63) is 60.2 Å². The standard InChI is InChI=1S/C18H21NO3S/c1-15-7-5-11-18(13-15)23(20,21)19-12-6-10-17(14-19)22-16-8-3-2-4-9-16/h2-5,7-9,11,13,17H,6,10,12,14H2,1H3. The number of piperidine rings is 1. The molecule has 0 radical (unpaired) electrons. The topological polar surface area (TPSA) is 46.6 Å². The fraction of sp³-hybridized carbons (Fsp3) is 0.333. The van der Waals surface area contributed by atoms with E-state index in [-0.39, 0.29) is 6.10 Å². The van der Waals surface area contributed by atoms with Crippen molar-refractivity contribution in [1.29, 1.82) is 0 Å². The van der Waals surface area contributed by atoms with Crippen LogP contribution in [0, 0.1) is 6.92 Å². The van der Waals surface area contributed by atoms with Gasteiger partial charge in [0.1, 0.15) is 11.9 Å². The van der Waals surface area contributed by atoms with Gasteiger partial charge in [0.2, 0.25) is 10.0 Å². The summed E-state index contributed by atoms with van der Waals surface area (Å²) in [6.07, 6.45) is 1.57. The van der Waals surface area contributed by atoms with Gasteiger partial charge in [-0.25, -0.2) is 8.42 Å². The summed E-state index contributed by atoms with van der Waals surface area (Å²) >= 11 is 0. The molecule has 0 amide bonds. The second-order valence-electron chi connectivity index (χ2n) is 5.87. The largest absolute Gasteiger partial charge is 0.489 e. The van der Waals surface area contributed by atoms with Crippen molar-refractivity contribution in [1.82, 2.24) is 4.31 Å². The van der Waals surface area contributed by atoms with Gasteiger partial charge in [-0.2, -0.15) is 4.31 Å². The molecule has 1 atom stereocenters. The van der Waals surface area contributed by atoms with Gasteiger partial charge in [0.25, 0.3) is 0 Å². The van der Waals surface area contributed by atoms with Gasteiger partial charge >= 0.3 is 0 Å². The summed E-state index contributed by atoms with van der Waals surface area (Å²) in [6.45, 7) is 2.84. The third-order valence-corrected chi connectivity index (χ3v) is 5.88. The summed E-state index contributed by atoms with van der Waals surface area (Å²) in [4.78, 5) is 0.359. The molecule has 0 aliphatic carbocycles. The van der Waals surface area contributed by atoms with Crippen LogP contribution in [0.15, 0.2) is 59.5 Å². The maximum absolute atomic E-state index is 12.8. The Morgan fingerprint density at radius 2 is 1.87 bits per heavy atom. The van der Waals surface area contributed by atoms with Crippen molar-refractivity contribution in [2.75, 3.05) is 13.1 Å². The third-order valence-electron chi connectivity index (χ3n) is 4.01. The van der Waals surface area contributed by atoms with E-state index in [2.05, 4.69) is 0 Å². The second kappa shape index (κ2) is 6.72. The molecular formula is C18H21NO3S. The normalized spacial score (nSPS) is 19.4. The predicted octanol–water partition coefficient (Wildman–Crippen LogP) is 3.23. The summed E-state index contributed by atoms with van der Waals surface area (Å²) in [6, 6.07) is 16.6. The summed E-state index contributed by atoms with van der Waals surface area (Å²) in [7, 11) is -3.46. The Hall–Kier alpha value is -1.85.